The van der Waals surface area contributed by atoms with Crippen LogP contribution >= 0.6 is 0 Å². The molecule has 8 nitrogen and oxygen atoms in total. The number of aromatic amines is 1. The van der Waals surface area contributed by atoms with Crippen LogP contribution in [0.25, 0.3) is 10.9 Å². The molecule has 0 aliphatic heterocycles. The fraction of sp³-hybridized carbons (Fsp3) is 0.450. The van der Waals surface area contributed by atoms with E-state index in [-0.39, 0.29) is 6.61 Å². The fourth-order valence-corrected chi connectivity index (χ4v) is 2.66. The predicted octanol–water partition coefficient (Wildman–Crippen LogP) is 3.23. The molecule has 1 heterocycles. The highest BCUT2D eigenvalue weighted by atomic mass is 16.6. The van der Waals surface area contributed by atoms with Gasteiger partial charge in [-0.2, -0.15) is 0 Å². The molecule has 0 bridgehead atoms. The summed E-state index contributed by atoms with van der Waals surface area (Å²) in [5.74, 6) is -1.06. The zero-order valence-electron chi connectivity index (χ0n) is 16.7. The van der Waals surface area contributed by atoms with E-state index in [0.29, 0.717) is 5.69 Å². The number of esters is 2. The zero-order valence-corrected chi connectivity index (χ0v) is 16.7. The Bertz CT molecular complexity index is 819. The highest BCUT2D eigenvalue weighted by Gasteiger charge is 2.31. The van der Waals surface area contributed by atoms with E-state index in [1.807, 2.05) is 30.3 Å². The van der Waals surface area contributed by atoms with Crippen LogP contribution in [0.1, 0.15) is 46.4 Å². The Morgan fingerprint density at radius 1 is 1.11 bits per heavy atom. The van der Waals surface area contributed by atoms with E-state index in [2.05, 4.69) is 10.3 Å². The molecule has 2 rings (SSSR count). The minimum Gasteiger partial charge on any atom is -0.464 e. The molecule has 2 atom stereocenters. The smallest absolute Gasteiger partial charge is 0.408 e. The van der Waals surface area contributed by atoms with Crippen molar-refractivity contribution in [3.8, 4) is 0 Å². The van der Waals surface area contributed by atoms with Crippen LogP contribution in [-0.4, -0.2) is 41.3 Å². The number of alkyl carbamates (subject to hydrolysis) is 1. The van der Waals surface area contributed by atoms with Gasteiger partial charge >= 0.3 is 18.0 Å². The lowest BCUT2D eigenvalue weighted by Gasteiger charge is -2.28. The third-order valence-electron chi connectivity index (χ3n) is 3.68. The number of carbonyl (C=O) groups excluding carboxylic acids is 3. The Morgan fingerprint density at radius 3 is 2.36 bits per heavy atom. The summed E-state index contributed by atoms with van der Waals surface area (Å²) in [5, 5.41) is 3.56. The molecule has 0 unspecified atom stereocenters. The molecule has 152 valence electrons. The number of nitrogens with one attached hydrogen (secondary N) is 2. The fourth-order valence-electron chi connectivity index (χ4n) is 2.66. The summed E-state index contributed by atoms with van der Waals surface area (Å²) in [6.45, 7) is 7.53. The van der Waals surface area contributed by atoms with Crippen LogP contribution in [0.2, 0.25) is 0 Å². The van der Waals surface area contributed by atoms with E-state index >= 15 is 0 Å². The van der Waals surface area contributed by atoms with Crippen LogP contribution in [0.5, 0.6) is 0 Å². The number of hydrogen-bond acceptors (Lipinski definition) is 6. The molecule has 0 spiro atoms. The van der Waals surface area contributed by atoms with Crippen molar-refractivity contribution >= 4 is 28.9 Å². The van der Waals surface area contributed by atoms with Gasteiger partial charge in [-0.1, -0.05) is 18.2 Å². The number of aromatic nitrogens is 1. The maximum Gasteiger partial charge on any atom is 0.408 e. The lowest BCUT2D eigenvalue weighted by molar-refractivity contribution is -0.151. The zero-order chi connectivity index (χ0) is 20.9. The highest BCUT2D eigenvalue weighted by molar-refractivity contribution is 5.80. The Balaban J connectivity index is 2.34. The number of hydrogen-bond donors (Lipinski definition) is 2. The monoisotopic (exact) mass is 390 g/mol. The molecule has 0 saturated heterocycles. The summed E-state index contributed by atoms with van der Waals surface area (Å²) in [6, 6.07) is 8.51. The summed E-state index contributed by atoms with van der Waals surface area (Å²) in [4.78, 5) is 38.5. The van der Waals surface area contributed by atoms with Crippen LogP contribution in [0.15, 0.2) is 30.3 Å². The molecule has 2 aromatic rings. The third kappa shape index (κ3) is 6.29. The SMILES string of the molecule is CC(=O)OC[C@H](NC(=O)OC(C)(C)C)[C@H](OC(C)=O)c1cc2ccccc2[nH]1. The minimum atomic E-state index is -0.906. The van der Waals surface area contributed by atoms with Gasteiger partial charge in [-0.25, -0.2) is 4.79 Å². The Labute approximate surface area is 163 Å². The van der Waals surface area contributed by atoms with Crippen LogP contribution in [0.3, 0.4) is 0 Å². The maximum atomic E-state index is 12.3. The average molecular weight is 390 g/mol. The molecule has 0 saturated carbocycles. The topological polar surface area (TPSA) is 107 Å². The average Bonchev–Trinajstić information content (AvgIpc) is 2.98. The number of ether oxygens (including phenoxy) is 3. The van der Waals surface area contributed by atoms with Crippen molar-refractivity contribution < 1.29 is 28.6 Å². The first kappa shape index (κ1) is 21.3. The molecule has 2 N–H and O–H groups in total. The normalized spacial score (nSPS) is 13.5. The van der Waals surface area contributed by atoms with Crippen LogP contribution in [0, 0.1) is 0 Å². The van der Waals surface area contributed by atoms with Crippen LogP contribution < -0.4 is 5.32 Å². The van der Waals surface area contributed by atoms with E-state index in [9.17, 15) is 14.4 Å². The Morgan fingerprint density at radius 2 is 1.79 bits per heavy atom. The van der Waals surface area contributed by atoms with E-state index in [1.54, 1.807) is 20.8 Å². The molecule has 1 amide bonds. The molecule has 0 aliphatic rings. The van der Waals surface area contributed by atoms with E-state index in [0.717, 1.165) is 10.9 Å². The molecule has 0 radical (unpaired) electrons. The highest BCUT2D eigenvalue weighted by Crippen LogP contribution is 2.26. The quantitative estimate of drug-likeness (QED) is 0.579. The Hall–Kier alpha value is -3.03. The second-order valence-corrected chi connectivity index (χ2v) is 7.40. The number of benzene rings is 1. The van der Waals surface area contributed by atoms with Crippen molar-refractivity contribution in [3.63, 3.8) is 0 Å². The summed E-state index contributed by atoms with van der Waals surface area (Å²) < 4.78 is 15.8. The van der Waals surface area contributed by atoms with Crippen LogP contribution in [-0.2, 0) is 23.8 Å². The lowest BCUT2D eigenvalue weighted by atomic mass is 10.1. The number of para-hydroxylation sites is 1. The van der Waals surface area contributed by atoms with Gasteiger partial charge in [0.1, 0.15) is 18.2 Å². The number of H-pyrrole nitrogens is 1. The summed E-state index contributed by atoms with van der Waals surface area (Å²) in [6.07, 6.45) is -1.62. The van der Waals surface area contributed by atoms with Gasteiger partial charge in [0.25, 0.3) is 0 Å². The maximum absolute atomic E-state index is 12.3. The molecule has 0 fully saturated rings. The van der Waals surface area contributed by atoms with Crippen molar-refractivity contribution in [1.82, 2.24) is 10.3 Å². The van der Waals surface area contributed by atoms with Gasteiger partial charge in [0.2, 0.25) is 0 Å². The van der Waals surface area contributed by atoms with Gasteiger partial charge in [0.15, 0.2) is 6.10 Å². The summed E-state index contributed by atoms with van der Waals surface area (Å²) >= 11 is 0. The van der Waals surface area contributed by atoms with Gasteiger partial charge in [-0.15, -0.1) is 0 Å². The number of carbonyl (C=O) groups is 3. The van der Waals surface area contributed by atoms with Gasteiger partial charge in [0, 0.05) is 19.4 Å². The van der Waals surface area contributed by atoms with E-state index in [4.69, 9.17) is 14.2 Å². The molecular formula is C20H26N2O6. The molecule has 28 heavy (non-hydrogen) atoms. The van der Waals surface area contributed by atoms with Gasteiger partial charge in [-0.3, -0.25) is 9.59 Å². The van der Waals surface area contributed by atoms with Crippen molar-refractivity contribution in [2.45, 2.75) is 52.4 Å². The lowest BCUT2D eigenvalue weighted by Crippen LogP contribution is -2.46. The number of fused-ring (bicyclic) bond motifs is 1. The van der Waals surface area contributed by atoms with Crippen molar-refractivity contribution in [2.24, 2.45) is 0 Å². The predicted molar refractivity (Wildman–Crippen MR) is 103 cm³/mol. The number of rotatable bonds is 6. The molecule has 1 aromatic carbocycles. The molecule has 8 heteroatoms. The van der Waals surface area contributed by atoms with Gasteiger partial charge in [0.05, 0.1) is 5.69 Å². The first-order valence-corrected chi connectivity index (χ1v) is 8.93. The summed E-state index contributed by atoms with van der Waals surface area (Å²) in [7, 11) is 0. The molecular weight excluding hydrogens is 364 g/mol. The third-order valence-corrected chi connectivity index (χ3v) is 3.68. The van der Waals surface area contributed by atoms with E-state index in [1.165, 1.54) is 13.8 Å². The van der Waals surface area contributed by atoms with E-state index < -0.39 is 35.8 Å². The van der Waals surface area contributed by atoms with Crippen LogP contribution in [0.4, 0.5) is 4.79 Å². The largest absolute Gasteiger partial charge is 0.464 e. The van der Waals surface area contributed by atoms with Gasteiger partial charge < -0.3 is 24.5 Å². The Kier molecular flexibility index (Phi) is 6.66. The van der Waals surface area contributed by atoms with Crippen molar-refractivity contribution in [1.29, 1.82) is 0 Å². The second kappa shape index (κ2) is 8.77. The first-order chi connectivity index (χ1) is 13.0. The first-order valence-electron chi connectivity index (χ1n) is 8.93. The van der Waals surface area contributed by atoms with Gasteiger partial charge in [-0.05, 0) is 38.3 Å². The molecule has 1 aromatic heterocycles. The second-order valence-electron chi connectivity index (χ2n) is 7.40. The van der Waals surface area contributed by atoms with Crippen molar-refractivity contribution in [2.75, 3.05) is 6.61 Å². The summed E-state index contributed by atoms with van der Waals surface area (Å²) in [5.41, 5.74) is 0.691. The minimum absolute atomic E-state index is 0.193. The molecule has 0 aliphatic carbocycles. The van der Waals surface area contributed by atoms with Crippen molar-refractivity contribution in [3.05, 3.63) is 36.0 Å². The number of amides is 1. The standard InChI is InChI=1S/C20H26N2O6/c1-12(23)26-11-17(22-19(25)28-20(3,4)5)18(27-13(2)24)16-10-14-8-6-7-9-15(14)21-16/h6-10,17-18,21H,11H2,1-5H3,(H,22,25)/t17-,18+/m0/s1.